The van der Waals surface area contributed by atoms with Crippen molar-refractivity contribution in [2.24, 2.45) is 0 Å². The van der Waals surface area contributed by atoms with Crippen molar-refractivity contribution in [2.45, 2.75) is 37.9 Å². The van der Waals surface area contributed by atoms with Crippen LogP contribution in [0, 0.1) is 0 Å². The highest BCUT2D eigenvalue weighted by atomic mass is 16.6. The first-order valence-electron chi connectivity index (χ1n) is 3.31. The van der Waals surface area contributed by atoms with Gasteiger partial charge in [-0.1, -0.05) is 0 Å². The zero-order valence-electron chi connectivity index (χ0n) is 5.77. The Balaban J connectivity index is 2.49. The van der Waals surface area contributed by atoms with E-state index in [1.807, 2.05) is 0 Å². The van der Waals surface area contributed by atoms with E-state index in [1.54, 1.807) is 6.92 Å². The lowest BCUT2D eigenvalue weighted by Crippen LogP contribution is -2.46. The molecular formula is C6H12O4. The molecular weight excluding hydrogens is 136 g/mol. The first-order chi connectivity index (χ1) is 4.61. The van der Waals surface area contributed by atoms with Crippen molar-refractivity contribution in [2.75, 3.05) is 0 Å². The third kappa shape index (κ3) is 1.46. The molecule has 4 nitrogen and oxygen atoms in total. The summed E-state index contributed by atoms with van der Waals surface area (Å²) < 4.78 is 4.81. The van der Waals surface area contributed by atoms with Gasteiger partial charge in [-0.3, -0.25) is 0 Å². The van der Waals surface area contributed by atoms with E-state index in [9.17, 15) is 0 Å². The molecule has 0 saturated carbocycles. The predicted molar refractivity (Wildman–Crippen MR) is 33.2 cm³/mol. The van der Waals surface area contributed by atoms with Gasteiger partial charge in [0, 0.05) is 6.42 Å². The Bertz CT molecular complexity index is 104. The molecule has 0 spiro atoms. The van der Waals surface area contributed by atoms with Crippen LogP contribution >= 0.6 is 0 Å². The van der Waals surface area contributed by atoms with Crippen LogP contribution in [-0.4, -0.2) is 39.9 Å². The van der Waals surface area contributed by atoms with E-state index in [2.05, 4.69) is 0 Å². The first-order valence-corrected chi connectivity index (χ1v) is 3.31. The molecule has 4 atom stereocenters. The monoisotopic (exact) mass is 148 g/mol. The minimum absolute atomic E-state index is 0.0888. The van der Waals surface area contributed by atoms with Crippen LogP contribution < -0.4 is 0 Å². The van der Waals surface area contributed by atoms with Gasteiger partial charge in [0.1, 0.15) is 6.10 Å². The standard InChI is InChI=1S/C6H12O4/c1-3-6(9)4(7)2-5(8)10-3/h3-9H,2H2,1H3/t3-,4-,5+,6-/m0/s1. The van der Waals surface area contributed by atoms with Gasteiger partial charge in [0.2, 0.25) is 0 Å². The van der Waals surface area contributed by atoms with Crippen LogP contribution in [0.5, 0.6) is 0 Å². The molecule has 60 valence electrons. The number of aliphatic hydroxyl groups is 3. The molecule has 0 aromatic heterocycles. The van der Waals surface area contributed by atoms with Crippen LogP contribution in [0.1, 0.15) is 13.3 Å². The lowest BCUT2D eigenvalue weighted by molar-refractivity contribution is -0.226. The molecule has 1 heterocycles. The average molecular weight is 148 g/mol. The van der Waals surface area contributed by atoms with Gasteiger partial charge in [0.25, 0.3) is 0 Å². The molecule has 0 radical (unpaired) electrons. The second kappa shape index (κ2) is 2.84. The molecule has 10 heavy (non-hydrogen) atoms. The Kier molecular flexibility index (Phi) is 2.25. The average Bonchev–Trinajstić information content (AvgIpc) is 1.82. The van der Waals surface area contributed by atoms with Crippen molar-refractivity contribution in [1.29, 1.82) is 0 Å². The lowest BCUT2D eigenvalue weighted by atomic mass is 10.0. The SMILES string of the molecule is C[C@@H]1O[C@@H](O)C[C@H](O)[C@H]1O. The van der Waals surface area contributed by atoms with Crippen LogP contribution in [0.3, 0.4) is 0 Å². The van der Waals surface area contributed by atoms with Gasteiger partial charge >= 0.3 is 0 Å². The fraction of sp³-hybridized carbons (Fsp3) is 1.00. The summed E-state index contributed by atoms with van der Waals surface area (Å²) in [5.74, 6) is 0. The van der Waals surface area contributed by atoms with Crippen LogP contribution in [0.2, 0.25) is 0 Å². The van der Waals surface area contributed by atoms with Gasteiger partial charge in [-0.25, -0.2) is 0 Å². The molecule has 0 aromatic carbocycles. The minimum atomic E-state index is -0.937. The van der Waals surface area contributed by atoms with Crippen molar-refractivity contribution >= 4 is 0 Å². The zero-order valence-corrected chi connectivity index (χ0v) is 5.77. The summed E-state index contributed by atoms with van der Waals surface area (Å²) in [7, 11) is 0. The number of ether oxygens (including phenoxy) is 1. The summed E-state index contributed by atoms with van der Waals surface area (Å²) in [5.41, 5.74) is 0. The van der Waals surface area contributed by atoms with Crippen molar-refractivity contribution in [3.8, 4) is 0 Å². The Morgan fingerprint density at radius 1 is 1.30 bits per heavy atom. The lowest BCUT2D eigenvalue weighted by Gasteiger charge is -2.32. The van der Waals surface area contributed by atoms with Crippen LogP contribution in [0.25, 0.3) is 0 Å². The number of aliphatic hydroxyl groups excluding tert-OH is 3. The maximum atomic E-state index is 9.08. The van der Waals surface area contributed by atoms with Gasteiger partial charge in [0.15, 0.2) is 6.29 Å². The molecule has 1 fully saturated rings. The van der Waals surface area contributed by atoms with E-state index in [-0.39, 0.29) is 6.42 Å². The highest BCUT2D eigenvalue weighted by molar-refractivity contribution is 4.78. The maximum Gasteiger partial charge on any atom is 0.157 e. The van der Waals surface area contributed by atoms with Gasteiger partial charge < -0.3 is 20.1 Å². The number of hydrogen-bond acceptors (Lipinski definition) is 4. The van der Waals surface area contributed by atoms with Gasteiger partial charge in [-0.15, -0.1) is 0 Å². The summed E-state index contributed by atoms with van der Waals surface area (Å²) in [5, 5.41) is 27.0. The second-order valence-electron chi connectivity index (χ2n) is 2.59. The largest absolute Gasteiger partial charge is 0.390 e. The van der Waals surface area contributed by atoms with E-state index < -0.39 is 24.6 Å². The van der Waals surface area contributed by atoms with Gasteiger partial charge in [0.05, 0.1) is 12.2 Å². The molecule has 1 rings (SSSR count). The zero-order chi connectivity index (χ0) is 7.72. The fourth-order valence-corrected chi connectivity index (χ4v) is 1.04. The van der Waals surface area contributed by atoms with Gasteiger partial charge in [-0.2, -0.15) is 0 Å². The molecule has 0 aliphatic carbocycles. The highest BCUT2D eigenvalue weighted by Crippen LogP contribution is 2.17. The number of hydrogen-bond donors (Lipinski definition) is 3. The van der Waals surface area contributed by atoms with E-state index >= 15 is 0 Å². The Morgan fingerprint density at radius 3 is 2.40 bits per heavy atom. The van der Waals surface area contributed by atoms with E-state index in [4.69, 9.17) is 20.1 Å². The highest BCUT2D eigenvalue weighted by Gasteiger charge is 2.32. The van der Waals surface area contributed by atoms with Crippen molar-refractivity contribution < 1.29 is 20.1 Å². The second-order valence-corrected chi connectivity index (χ2v) is 2.59. The van der Waals surface area contributed by atoms with Crippen molar-refractivity contribution in [1.82, 2.24) is 0 Å². The first kappa shape index (κ1) is 7.94. The molecule has 0 aromatic rings. The van der Waals surface area contributed by atoms with Crippen molar-refractivity contribution in [3.63, 3.8) is 0 Å². The molecule has 4 heteroatoms. The molecule has 1 aliphatic heterocycles. The predicted octanol–water partition coefficient (Wildman–Crippen LogP) is -1.16. The molecule has 0 unspecified atom stereocenters. The third-order valence-electron chi connectivity index (χ3n) is 1.69. The Hall–Kier alpha value is -0.160. The minimum Gasteiger partial charge on any atom is -0.390 e. The maximum absolute atomic E-state index is 9.08. The molecule has 1 saturated heterocycles. The van der Waals surface area contributed by atoms with Crippen molar-refractivity contribution in [3.05, 3.63) is 0 Å². The summed E-state index contributed by atoms with van der Waals surface area (Å²) in [4.78, 5) is 0. The smallest absolute Gasteiger partial charge is 0.157 e. The number of rotatable bonds is 0. The fourth-order valence-electron chi connectivity index (χ4n) is 1.04. The Labute approximate surface area is 59.1 Å². The molecule has 0 amide bonds. The van der Waals surface area contributed by atoms with E-state index in [1.165, 1.54) is 0 Å². The Morgan fingerprint density at radius 2 is 1.90 bits per heavy atom. The van der Waals surface area contributed by atoms with Crippen LogP contribution in [-0.2, 0) is 4.74 Å². The van der Waals surface area contributed by atoms with E-state index in [0.717, 1.165) is 0 Å². The normalized spacial score (nSPS) is 49.2. The van der Waals surface area contributed by atoms with Gasteiger partial charge in [-0.05, 0) is 6.92 Å². The molecule has 3 N–H and O–H groups in total. The summed E-state index contributed by atoms with van der Waals surface area (Å²) in [6.45, 7) is 1.61. The molecule has 1 aliphatic rings. The quantitative estimate of drug-likeness (QED) is 0.405. The summed E-state index contributed by atoms with van der Waals surface area (Å²) in [6, 6.07) is 0. The topological polar surface area (TPSA) is 69.9 Å². The third-order valence-corrected chi connectivity index (χ3v) is 1.69. The summed E-state index contributed by atoms with van der Waals surface area (Å²) >= 11 is 0. The van der Waals surface area contributed by atoms with Crippen LogP contribution in [0.4, 0.5) is 0 Å². The summed E-state index contributed by atoms with van der Waals surface area (Å²) in [6.07, 6.45) is -3.07. The molecule has 0 bridgehead atoms. The van der Waals surface area contributed by atoms with Crippen LogP contribution in [0.15, 0.2) is 0 Å². The van der Waals surface area contributed by atoms with E-state index in [0.29, 0.717) is 0 Å².